The molecule has 1 saturated carbocycles. The molecule has 0 saturated heterocycles. The number of hydrogen-bond donors (Lipinski definition) is 2. The predicted octanol–water partition coefficient (Wildman–Crippen LogP) is 4.17. The SMILES string of the molecule is CC(C)NC(=O)O[C@@H]1CC[C@H](c2cc(Nc3cc(OC(F)(F)F)c(N(S(C)(=O)=O)S(C)(=O)=O)cn3)n(C(C)(C)C)n2)C1. The van der Waals surface area contributed by atoms with Crippen molar-refractivity contribution in [2.45, 2.75) is 83.8 Å². The lowest BCUT2D eigenvalue weighted by molar-refractivity contribution is -0.274. The van der Waals surface area contributed by atoms with E-state index < -0.39 is 49.5 Å². The second-order valence-corrected chi connectivity index (χ2v) is 15.2. The van der Waals surface area contributed by atoms with Gasteiger partial charge < -0.3 is 20.1 Å². The lowest BCUT2D eigenvalue weighted by Crippen LogP contribution is -2.36. The van der Waals surface area contributed by atoms with Gasteiger partial charge in [0, 0.05) is 24.1 Å². The van der Waals surface area contributed by atoms with Crippen molar-refractivity contribution in [3.63, 3.8) is 0 Å². The fraction of sp³-hybridized carbons (Fsp3) is 0.625. The molecule has 1 aliphatic carbocycles. The van der Waals surface area contributed by atoms with Gasteiger partial charge in [-0.25, -0.2) is 31.3 Å². The van der Waals surface area contributed by atoms with Gasteiger partial charge in [0.2, 0.25) is 20.0 Å². The molecule has 0 bridgehead atoms. The standard InChI is InChI=1S/C24H35F3N6O7S2/c1-14(2)29-22(34)39-16-9-8-15(10-16)17-11-21(32(31-17)23(3,4)5)30-20-12-19(40-24(25,26)27)18(13-28-20)33(41(6,35)36)42(7,37)38/h11-16H,8-10H2,1-7H3,(H,28,30)(H,29,34)/t15-,16+/m0/s1. The summed E-state index contributed by atoms with van der Waals surface area (Å²) < 4.78 is 99.6. The highest BCUT2D eigenvalue weighted by molar-refractivity contribution is 8.09. The first-order valence-corrected chi connectivity index (χ1v) is 16.5. The molecule has 236 valence electrons. The smallest absolute Gasteiger partial charge is 0.446 e. The van der Waals surface area contributed by atoms with Gasteiger partial charge in [0.1, 0.15) is 23.4 Å². The summed E-state index contributed by atoms with van der Waals surface area (Å²) in [6.45, 7) is 9.21. The summed E-state index contributed by atoms with van der Waals surface area (Å²) in [6, 6.07) is 2.38. The molecule has 42 heavy (non-hydrogen) atoms. The van der Waals surface area contributed by atoms with Crippen LogP contribution in [-0.2, 0) is 30.3 Å². The van der Waals surface area contributed by atoms with E-state index in [1.54, 1.807) is 10.7 Å². The van der Waals surface area contributed by atoms with E-state index in [0.717, 1.165) is 6.07 Å². The summed E-state index contributed by atoms with van der Waals surface area (Å²) in [5.41, 5.74) is -0.876. The van der Waals surface area contributed by atoms with E-state index >= 15 is 0 Å². The number of nitrogens with one attached hydrogen (secondary N) is 2. The summed E-state index contributed by atoms with van der Waals surface area (Å²) in [7, 11) is -9.18. The maximum Gasteiger partial charge on any atom is 0.573 e. The Hall–Kier alpha value is -3.28. The van der Waals surface area contributed by atoms with Crippen LogP contribution < -0.4 is 19.1 Å². The number of hydrogen-bond acceptors (Lipinski definition) is 10. The lowest BCUT2D eigenvalue weighted by atomic mass is 10.0. The van der Waals surface area contributed by atoms with Crippen LogP contribution in [0.4, 0.5) is 35.3 Å². The summed E-state index contributed by atoms with van der Waals surface area (Å²) in [5.74, 6) is -1.02. The summed E-state index contributed by atoms with van der Waals surface area (Å²) in [4.78, 5) is 16.0. The number of pyridine rings is 1. The number of sulfonamides is 2. The Labute approximate surface area is 242 Å². The van der Waals surface area contributed by atoms with Crippen molar-refractivity contribution in [2.75, 3.05) is 21.5 Å². The molecule has 2 heterocycles. The number of ether oxygens (including phenoxy) is 2. The van der Waals surface area contributed by atoms with Crippen molar-refractivity contribution < 1.29 is 44.3 Å². The van der Waals surface area contributed by atoms with Gasteiger partial charge in [0.15, 0.2) is 5.75 Å². The van der Waals surface area contributed by atoms with Crippen LogP contribution in [0.1, 0.15) is 65.5 Å². The molecule has 2 atom stereocenters. The first-order chi connectivity index (χ1) is 19.0. The molecule has 2 aromatic rings. The average Bonchev–Trinajstić information content (AvgIpc) is 3.38. The number of alkyl halides is 3. The topological polar surface area (TPSA) is 162 Å². The molecule has 0 radical (unpaired) electrons. The van der Waals surface area contributed by atoms with E-state index in [4.69, 9.17) is 9.84 Å². The van der Waals surface area contributed by atoms with Gasteiger partial charge in [0.25, 0.3) is 0 Å². The van der Waals surface area contributed by atoms with Gasteiger partial charge in [-0.1, -0.05) is 0 Å². The lowest BCUT2D eigenvalue weighted by Gasteiger charge is -2.24. The van der Waals surface area contributed by atoms with Crippen LogP contribution in [0.5, 0.6) is 5.75 Å². The average molecular weight is 641 g/mol. The number of anilines is 3. The van der Waals surface area contributed by atoms with Gasteiger partial charge >= 0.3 is 12.5 Å². The van der Waals surface area contributed by atoms with Crippen LogP contribution in [0.3, 0.4) is 0 Å². The second-order valence-electron chi connectivity index (χ2n) is 11.3. The third-order valence-electron chi connectivity index (χ3n) is 5.97. The molecule has 1 fully saturated rings. The minimum atomic E-state index is -5.28. The number of alkyl carbamates (subject to hydrolysis) is 1. The fourth-order valence-corrected chi connectivity index (χ4v) is 7.47. The van der Waals surface area contributed by atoms with Crippen LogP contribution in [0, 0.1) is 0 Å². The van der Waals surface area contributed by atoms with E-state index in [9.17, 15) is 34.8 Å². The van der Waals surface area contributed by atoms with Gasteiger partial charge in [-0.3, -0.25) is 0 Å². The Morgan fingerprint density at radius 3 is 2.24 bits per heavy atom. The Morgan fingerprint density at radius 2 is 1.71 bits per heavy atom. The zero-order valence-corrected chi connectivity index (χ0v) is 25.8. The van der Waals surface area contributed by atoms with E-state index in [1.165, 1.54) is 0 Å². The minimum Gasteiger partial charge on any atom is -0.446 e. The maximum atomic E-state index is 13.3. The molecule has 18 heteroatoms. The van der Waals surface area contributed by atoms with Gasteiger partial charge in [0.05, 0.1) is 29.9 Å². The van der Waals surface area contributed by atoms with E-state index in [0.29, 0.717) is 49.5 Å². The fourth-order valence-electron chi connectivity index (χ4n) is 4.51. The van der Waals surface area contributed by atoms with Crippen LogP contribution >= 0.6 is 0 Å². The molecule has 13 nitrogen and oxygen atoms in total. The Morgan fingerprint density at radius 1 is 1.10 bits per heavy atom. The zero-order chi connectivity index (χ0) is 31.8. The number of halogens is 3. The van der Waals surface area contributed by atoms with Crippen LogP contribution in [-0.4, -0.2) is 68.7 Å². The van der Waals surface area contributed by atoms with Crippen LogP contribution in [0.2, 0.25) is 0 Å². The van der Waals surface area contributed by atoms with Crippen LogP contribution in [0.25, 0.3) is 0 Å². The number of carbonyl (C=O) groups excluding carboxylic acids is 1. The number of nitrogens with zero attached hydrogens (tertiary/aromatic N) is 4. The Balaban J connectivity index is 1.97. The molecule has 2 N–H and O–H groups in total. The Bertz CT molecular complexity index is 1490. The Kier molecular flexibility index (Phi) is 9.32. The first-order valence-electron chi connectivity index (χ1n) is 12.9. The molecule has 0 unspecified atom stereocenters. The quantitative estimate of drug-likeness (QED) is 0.407. The predicted molar refractivity (Wildman–Crippen MR) is 149 cm³/mol. The molecule has 0 aliphatic heterocycles. The summed E-state index contributed by atoms with van der Waals surface area (Å²) >= 11 is 0. The van der Waals surface area contributed by atoms with Gasteiger partial charge in [-0.2, -0.15) is 8.81 Å². The van der Waals surface area contributed by atoms with Gasteiger partial charge in [-0.15, -0.1) is 13.2 Å². The molecule has 1 aliphatic rings. The third kappa shape index (κ3) is 8.62. The molecule has 0 aromatic carbocycles. The van der Waals surface area contributed by atoms with Crippen molar-refractivity contribution in [1.82, 2.24) is 20.1 Å². The number of aromatic nitrogens is 3. The highest BCUT2D eigenvalue weighted by Crippen LogP contribution is 2.40. The first kappa shape index (κ1) is 33.2. The van der Waals surface area contributed by atoms with Gasteiger partial charge in [-0.05, 0) is 53.9 Å². The molecule has 2 aromatic heterocycles. The number of amides is 1. The van der Waals surface area contributed by atoms with Crippen molar-refractivity contribution in [3.05, 3.63) is 24.0 Å². The molecular weight excluding hydrogens is 605 g/mol. The normalized spacial score (nSPS) is 18.2. The minimum absolute atomic E-state index is 0.0662. The highest BCUT2D eigenvalue weighted by Gasteiger charge is 2.37. The molecule has 1 amide bonds. The molecule has 0 spiro atoms. The van der Waals surface area contributed by atoms with Crippen molar-refractivity contribution >= 4 is 43.5 Å². The summed E-state index contributed by atoms with van der Waals surface area (Å²) in [6.07, 6.45) is -2.55. The number of rotatable bonds is 9. The molecular formula is C24H35F3N6O7S2. The van der Waals surface area contributed by atoms with E-state index in [2.05, 4.69) is 20.4 Å². The highest BCUT2D eigenvalue weighted by atomic mass is 32.3. The van der Waals surface area contributed by atoms with Crippen LogP contribution in [0.15, 0.2) is 18.3 Å². The second kappa shape index (κ2) is 11.8. The monoisotopic (exact) mass is 640 g/mol. The largest absolute Gasteiger partial charge is 0.573 e. The molecule has 3 rings (SSSR count). The van der Waals surface area contributed by atoms with E-state index in [-0.39, 0.29) is 27.6 Å². The third-order valence-corrected chi connectivity index (χ3v) is 9.20. The zero-order valence-electron chi connectivity index (χ0n) is 24.2. The van der Waals surface area contributed by atoms with Crippen molar-refractivity contribution in [2.24, 2.45) is 0 Å². The van der Waals surface area contributed by atoms with Crippen molar-refractivity contribution in [3.8, 4) is 5.75 Å². The summed E-state index contributed by atoms with van der Waals surface area (Å²) in [5, 5.41) is 10.3. The van der Waals surface area contributed by atoms with Crippen molar-refractivity contribution in [1.29, 1.82) is 0 Å². The number of carbonyl (C=O) groups is 1. The van der Waals surface area contributed by atoms with E-state index in [1.807, 2.05) is 34.6 Å². The maximum absolute atomic E-state index is 13.3.